The molecule has 3 fully saturated rings. The molecule has 1 aromatic rings. The van der Waals surface area contributed by atoms with Gasteiger partial charge in [0.25, 0.3) is 5.91 Å². The van der Waals surface area contributed by atoms with Crippen LogP contribution in [0, 0.1) is 45.7 Å². The topological polar surface area (TPSA) is 87.1 Å². The SMILES string of the molecule is C[C@]12CC[C@H](O)CC1=CCC1C2CC[C@]2(C)C(=C(\C#N)C(N)=O)/C(=C/c3ccc(F)cc3)CC12. The third kappa shape index (κ3) is 3.46. The van der Waals surface area contributed by atoms with Gasteiger partial charge in [0.05, 0.1) is 6.10 Å². The highest BCUT2D eigenvalue weighted by Crippen LogP contribution is 2.67. The lowest BCUT2D eigenvalue weighted by molar-refractivity contribution is -0.114. The third-order valence-electron chi connectivity index (χ3n) is 9.62. The maximum absolute atomic E-state index is 13.5. The van der Waals surface area contributed by atoms with Crippen molar-refractivity contribution in [2.75, 3.05) is 0 Å². The molecular weight excluding hydrogens is 427 g/mol. The molecule has 0 spiro atoms. The minimum Gasteiger partial charge on any atom is -0.393 e. The smallest absolute Gasteiger partial charge is 0.259 e. The summed E-state index contributed by atoms with van der Waals surface area (Å²) in [6.45, 7) is 4.59. The molecule has 3 unspecified atom stereocenters. The summed E-state index contributed by atoms with van der Waals surface area (Å²) in [6, 6.07) is 8.44. The first-order chi connectivity index (χ1) is 16.2. The molecule has 0 radical (unpaired) electrons. The molecular formula is C29H33FN2O2. The summed E-state index contributed by atoms with van der Waals surface area (Å²) < 4.78 is 13.5. The van der Waals surface area contributed by atoms with Gasteiger partial charge in [-0.2, -0.15) is 5.26 Å². The van der Waals surface area contributed by atoms with Crippen molar-refractivity contribution in [1.82, 2.24) is 0 Å². The van der Waals surface area contributed by atoms with E-state index in [9.17, 15) is 19.6 Å². The van der Waals surface area contributed by atoms with E-state index in [4.69, 9.17) is 5.73 Å². The molecule has 0 saturated heterocycles. The molecule has 4 aliphatic carbocycles. The van der Waals surface area contributed by atoms with E-state index in [2.05, 4.69) is 26.0 Å². The normalized spacial score (nSPS) is 39.4. The summed E-state index contributed by atoms with van der Waals surface area (Å²) in [4.78, 5) is 12.4. The van der Waals surface area contributed by atoms with Crippen LogP contribution in [0.4, 0.5) is 4.39 Å². The first-order valence-corrected chi connectivity index (χ1v) is 12.5. The average Bonchev–Trinajstić information content (AvgIpc) is 3.08. The number of halogens is 1. The zero-order valence-electron chi connectivity index (χ0n) is 20.0. The van der Waals surface area contributed by atoms with Crippen LogP contribution in [-0.2, 0) is 4.79 Å². The highest BCUT2D eigenvalue weighted by molar-refractivity contribution is 5.98. The lowest BCUT2D eigenvalue weighted by Gasteiger charge is -2.57. The standard InChI is InChI=1S/C29H33FN2O2/c1-28-11-9-21(33)15-19(28)5-8-22-24(28)10-12-29(2)25(22)14-18(26(29)23(16-31)27(32)34)13-17-3-6-20(30)7-4-17/h3-7,13,21-22,24-25,33H,8-12,14-15H2,1-2H3,(H2,32,34)/b18-13+,26-23+/t21-,22?,24?,25?,28-,29-/m0/s1. The number of rotatable bonds is 2. The number of fused-ring (bicyclic) bond motifs is 5. The van der Waals surface area contributed by atoms with Crippen molar-refractivity contribution in [3.05, 3.63) is 64.0 Å². The number of hydrogen-bond acceptors (Lipinski definition) is 3. The first kappa shape index (κ1) is 23.1. The van der Waals surface area contributed by atoms with Crippen LogP contribution in [0.5, 0.6) is 0 Å². The summed E-state index contributed by atoms with van der Waals surface area (Å²) in [5.41, 5.74) is 9.63. The molecule has 5 rings (SSSR count). The molecule has 4 aliphatic rings. The molecule has 3 saturated carbocycles. The van der Waals surface area contributed by atoms with Gasteiger partial charge in [-0.25, -0.2) is 4.39 Å². The molecule has 0 heterocycles. The number of nitrogens with zero attached hydrogens (tertiary/aromatic N) is 1. The Morgan fingerprint density at radius 3 is 2.53 bits per heavy atom. The quantitative estimate of drug-likeness (QED) is 0.350. The lowest BCUT2D eigenvalue weighted by atomic mass is 9.47. The minimum atomic E-state index is -0.675. The number of amides is 1. The third-order valence-corrected chi connectivity index (χ3v) is 9.62. The Balaban J connectivity index is 1.61. The van der Waals surface area contributed by atoms with E-state index in [0.717, 1.165) is 61.7 Å². The molecule has 178 valence electrons. The van der Waals surface area contributed by atoms with Gasteiger partial charge in [0.2, 0.25) is 0 Å². The molecule has 4 nitrogen and oxygen atoms in total. The highest BCUT2D eigenvalue weighted by Gasteiger charge is 2.59. The van der Waals surface area contributed by atoms with E-state index in [0.29, 0.717) is 17.8 Å². The van der Waals surface area contributed by atoms with Crippen LogP contribution in [0.25, 0.3) is 6.08 Å². The highest BCUT2D eigenvalue weighted by atomic mass is 19.1. The first-order valence-electron chi connectivity index (χ1n) is 12.5. The Labute approximate surface area is 201 Å². The van der Waals surface area contributed by atoms with Crippen LogP contribution in [0.3, 0.4) is 0 Å². The van der Waals surface area contributed by atoms with Crippen molar-refractivity contribution in [2.45, 2.75) is 64.9 Å². The maximum Gasteiger partial charge on any atom is 0.259 e. The van der Waals surface area contributed by atoms with Crippen LogP contribution in [0.2, 0.25) is 0 Å². The number of aliphatic hydroxyl groups excluding tert-OH is 1. The summed E-state index contributed by atoms with van der Waals surface area (Å²) in [5, 5.41) is 20.2. The molecule has 0 bridgehead atoms. The van der Waals surface area contributed by atoms with Gasteiger partial charge in [0, 0.05) is 0 Å². The Morgan fingerprint density at radius 2 is 1.85 bits per heavy atom. The zero-order valence-corrected chi connectivity index (χ0v) is 20.0. The van der Waals surface area contributed by atoms with Crippen molar-refractivity contribution in [3.63, 3.8) is 0 Å². The average molecular weight is 461 g/mol. The maximum atomic E-state index is 13.5. The van der Waals surface area contributed by atoms with Crippen LogP contribution in [0.1, 0.15) is 64.4 Å². The van der Waals surface area contributed by atoms with Gasteiger partial charge >= 0.3 is 0 Å². The van der Waals surface area contributed by atoms with Crippen molar-refractivity contribution in [3.8, 4) is 6.07 Å². The van der Waals surface area contributed by atoms with Crippen molar-refractivity contribution in [2.24, 2.45) is 34.3 Å². The number of allylic oxidation sites excluding steroid dienone is 3. The van der Waals surface area contributed by atoms with Crippen molar-refractivity contribution < 1.29 is 14.3 Å². The number of benzene rings is 1. The van der Waals surface area contributed by atoms with E-state index < -0.39 is 5.91 Å². The number of carbonyl (C=O) groups is 1. The van der Waals surface area contributed by atoms with Crippen LogP contribution < -0.4 is 5.73 Å². The number of aliphatic hydroxyl groups is 1. The predicted octanol–water partition coefficient (Wildman–Crippen LogP) is 5.45. The summed E-state index contributed by atoms with van der Waals surface area (Å²) in [7, 11) is 0. The lowest BCUT2D eigenvalue weighted by Crippen LogP contribution is -2.49. The zero-order chi connectivity index (χ0) is 24.3. The van der Waals surface area contributed by atoms with Gasteiger partial charge in [-0.1, -0.05) is 43.7 Å². The Bertz CT molecular complexity index is 1160. The molecule has 34 heavy (non-hydrogen) atoms. The summed E-state index contributed by atoms with van der Waals surface area (Å²) >= 11 is 0. The van der Waals surface area contributed by atoms with Gasteiger partial charge in [-0.05, 0) is 102 Å². The van der Waals surface area contributed by atoms with E-state index in [1.165, 1.54) is 17.7 Å². The number of primary amides is 1. The molecule has 5 heteroatoms. The van der Waals surface area contributed by atoms with Crippen molar-refractivity contribution >= 4 is 12.0 Å². The summed E-state index contributed by atoms with van der Waals surface area (Å²) in [5.74, 6) is 0.314. The largest absolute Gasteiger partial charge is 0.393 e. The Morgan fingerprint density at radius 1 is 1.15 bits per heavy atom. The van der Waals surface area contributed by atoms with Gasteiger partial charge in [0.15, 0.2) is 0 Å². The minimum absolute atomic E-state index is 0.0656. The van der Waals surface area contributed by atoms with Crippen LogP contribution in [0.15, 0.2) is 52.6 Å². The second-order valence-corrected chi connectivity index (χ2v) is 11.3. The number of nitrogens with two attached hydrogens (primary N) is 1. The fourth-order valence-corrected chi connectivity index (χ4v) is 7.93. The second kappa shape index (κ2) is 8.20. The second-order valence-electron chi connectivity index (χ2n) is 11.3. The monoisotopic (exact) mass is 460 g/mol. The van der Waals surface area contributed by atoms with Gasteiger partial charge in [0.1, 0.15) is 17.5 Å². The van der Waals surface area contributed by atoms with E-state index >= 15 is 0 Å². The van der Waals surface area contributed by atoms with E-state index in [1.807, 2.05) is 6.08 Å². The molecule has 6 atom stereocenters. The number of hydrogen-bond donors (Lipinski definition) is 2. The predicted molar refractivity (Wildman–Crippen MR) is 129 cm³/mol. The fraction of sp³-hybridized carbons (Fsp3) is 0.517. The van der Waals surface area contributed by atoms with Gasteiger partial charge < -0.3 is 10.8 Å². The van der Waals surface area contributed by atoms with Crippen LogP contribution >= 0.6 is 0 Å². The Hall–Kier alpha value is -2.71. The van der Waals surface area contributed by atoms with Gasteiger partial charge in [-0.15, -0.1) is 0 Å². The number of nitriles is 1. The molecule has 0 aromatic heterocycles. The fourth-order valence-electron chi connectivity index (χ4n) is 7.93. The molecule has 1 aromatic carbocycles. The van der Waals surface area contributed by atoms with E-state index in [1.54, 1.807) is 12.1 Å². The van der Waals surface area contributed by atoms with E-state index in [-0.39, 0.29) is 28.3 Å². The van der Waals surface area contributed by atoms with Crippen LogP contribution in [-0.4, -0.2) is 17.1 Å². The van der Waals surface area contributed by atoms with Crippen molar-refractivity contribution in [1.29, 1.82) is 5.26 Å². The molecule has 3 N–H and O–H groups in total. The summed E-state index contributed by atoms with van der Waals surface area (Å²) in [6.07, 6.45) is 10.5. The van der Waals surface area contributed by atoms with Gasteiger partial charge in [-0.3, -0.25) is 4.79 Å². The molecule has 1 amide bonds. The Kier molecular flexibility index (Phi) is 5.56. The molecule has 0 aliphatic heterocycles. The number of carbonyl (C=O) groups excluding carboxylic acids is 1.